The summed E-state index contributed by atoms with van der Waals surface area (Å²) in [7, 11) is 0. The maximum Gasteiger partial charge on any atom is 0.315 e. The third kappa shape index (κ3) is 4.66. The van der Waals surface area contributed by atoms with Crippen LogP contribution in [0.5, 0.6) is 0 Å². The number of hydrogen-bond acceptors (Lipinski definition) is 3. The molecule has 2 aliphatic heterocycles. The van der Waals surface area contributed by atoms with Crippen LogP contribution in [-0.4, -0.2) is 53.5 Å². The first kappa shape index (κ1) is 20.0. The Labute approximate surface area is 175 Å². The Morgan fingerprint density at radius 1 is 1.07 bits per heavy atom. The Morgan fingerprint density at radius 3 is 2.48 bits per heavy atom. The van der Waals surface area contributed by atoms with Crippen molar-refractivity contribution in [1.82, 2.24) is 20.9 Å². The van der Waals surface area contributed by atoms with Gasteiger partial charge in [-0.05, 0) is 37.0 Å². The summed E-state index contributed by atoms with van der Waals surface area (Å²) in [5.74, 6) is -0.248. The molecule has 1 aromatic rings. The van der Waals surface area contributed by atoms with Gasteiger partial charge < -0.3 is 20.9 Å². The quantitative estimate of drug-likeness (QED) is 0.698. The Morgan fingerprint density at radius 2 is 1.76 bits per heavy atom. The Kier molecular flexibility index (Phi) is 5.94. The number of carbonyl (C=O) groups excluding carboxylic acids is 3. The standard InChI is InChI=1S/C21H27ClN4O3/c22-14-8-6-13(7-9-14)10-17-20(28)26-12-16(11-18(26)19(27)25-17)24-21(29)23-15-4-2-1-3-5-15/h6-9,15-18H,1-5,10-12H2,(H,25,27)(H2,23,24,29)/t16-,17-,18-/m0/s1. The zero-order chi connectivity index (χ0) is 20.4. The van der Waals surface area contributed by atoms with Crippen LogP contribution in [0.1, 0.15) is 44.1 Å². The summed E-state index contributed by atoms with van der Waals surface area (Å²) in [4.78, 5) is 39.4. The molecule has 3 aliphatic rings. The average Bonchev–Trinajstić information content (AvgIpc) is 3.13. The highest BCUT2D eigenvalue weighted by Gasteiger charge is 2.46. The zero-order valence-corrected chi connectivity index (χ0v) is 17.1. The monoisotopic (exact) mass is 418 g/mol. The van der Waals surface area contributed by atoms with E-state index in [4.69, 9.17) is 11.6 Å². The molecule has 4 rings (SSSR count). The maximum atomic E-state index is 12.9. The van der Waals surface area contributed by atoms with Crippen molar-refractivity contribution in [2.24, 2.45) is 0 Å². The van der Waals surface area contributed by atoms with Crippen molar-refractivity contribution in [1.29, 1.82) is 0 Å². The van der Waals surface area contributed by atoms with Gasteiger partial charge in [0.1, 0.15) is 12.1 Å². The normalized spacial score (nSPS) is 27.3. The van der Waals surface area contributed by atoms with Gasteiger partial charge in [-0.15, -0.1) is 0 Å². The van der Waals surface area contributed by atoms with E-state index < -0.39 is 12.1 Å². The number of benzene rings is 1. The molecule has 1 aromatic carbocycles. The van der Waals surface area contributed by atoms with Crippen LogP contribution in [0.25, 0.3) is 0 Å². The molecule has 0 spiro atoms. The molecule has 3 fully saturated rings. The van der Waals surface area contributed by atoms with Gasteiger partial charge in [0.15, 0.2) is 0 Å². The first-order chi connectivity index (χ1) is 14.0. The van der Waals surface area contributed by atoms with Gasteiger partial charge in [0.25, 0.3) is 0 Å². The minimum atomic E-state index is -0.588. The average molecular weight is 419 g/mol. The van der Waals surface area contributed by atoms with Gasteiger partial charge in [-0.2, -0.15) is 0 Å². The molecular weight excluding hydrogens is 392 g/mol. The molecule has 1 aliphatic carbocycles. The van der Waals surface area contributed by atoms with Crippen molar-refractivity contribution in [2.75, 3.05) is 6.54 Å². The number of carbonyl (C=O) groups is 3. The molecule has 3 N–H and O–H groups in total. The topological polar surface area (TPSA) is 90.5 Å². The molecule has 0 radical (unpaired) electrons. The van der Waals surface area contributed by atoms with Crippen LogP contribution in [-0.2, 0) is 16.0 Å². The molecule has 0 bridgehead atoms. The summed E-state index contributed by atoms with van der Waals surface area (Å²) in [6, 6.07) is 5.97. The summed E-state index contributed by atoms with van der Waals surface area (Å²) >= 11 is 5.91. The Balaban J connectivity index is 1.34. The third-order valence-electron chi connectivity index (χ3n) is 6.13. The smallest absolute Gasteiger partial charge is 0.315 e. The number of fused-ring (bicyclic) bond motifs is 1. The van der Waals surface area contributed by atoms with E-state index in [1.54, 1.807) is 17.0 Å². The first-order valence-corrected chi connectivity index (χ1v) is 10.8. The number of nitrogens with one attached hydrogen (secondary N) is 3. The number of piperazine rings is 1. The number of urea groups is 1. The summed E-state index contributed by atoms with van der Waals surface area (Å²) in [5.41, 5.74) is 0.937. The van der Waals surface area contributed by atoms with Crippen LogP contribution in [0.15, 0.2) is 24.3 Å². The Bertz CT molecular complexity index is 779. The van der Waals surface area contributed by atoms with Crippen LogP contribution in [0.4, 0.5) is 4.79 Å². The van der Waals surface area contributed by atoms with E-state index in [-0.39, 0.29) is 29.9 Å². The summed E-state index contributed by atoms with van der Waals surface area (Å²) < 4.78 is 0. The van der Waals surface area contributed by atoms with E-state index in [9.17, 15) is 14.4 Å². The van der Waals surface area contributed by atoms with Gasteiger partial charge in [0.05, 0.1) is 6.04 Å². The summed E-state index contributed by atoms with van der Waals surface area (Å²) in [5, 5.41) is 9.47. The fourth-order valence-electron chi connectivity index (χ4n) is 4.62. The number of hydrogen-bond donors (Lipinski definition) is 3. The second-order valence-corrected chi connectivity index (χ2v) is 8.72. The molecule has 4 amide bonds. The van der Waals surface area contributed by atoms with E-state index in [0.717, 1.165) is 31.2 Å². The lowest BCUT2D eigenvalue weighted by Gasteiger charge is -2.34. The SMILES string of the molecule is O=C(NC1CCCCC1)N[C@H]1C[C@H]2C(=O)N[C@@H](Cc3ccc(Cl)cc3)C(=O)N2C1. The van der Waals surface area contributed by atoms with Crippen molar-refractivity contribution < 1.29 is 14.4 Å². The Hall–Kier alpha value is -2.28. The first-order valence-electron chi connectivity index (χ1n) is 10.4. The van der Waals surface area contributed by atoms with Crippen molar-refractivity contribution >= 4 is 29.4 Å². The predicted octanol–water partition coefficient (Wildman–Crippen LogP) is 1.98. The van der Waals surface area contributed by atoms with Gasteiger partial charge >= 0.3 is 6.03 Å². The molecule has 2 saturated heterocycles. The van der Waals surface area contributed by atoms with E-state index >= 15 is 0 Å². The molecule has 0 aromatic heterocycles. The van der Waals surface area contributed by atoms with Gasteiger partial charge in [-0.25, -0.2) is 4.79 Å². The minimum absolute atomic E-state index is 0.0958. The van der Waals surface area contributed by atoms with Crippen molar-refractivity contribution in [2.45, 2.75) is 69.1 Å². The number of halogens is 1. The molecular formula is C21H27ClN4O3. The molecule has 0 unspecified atom stereocenters. The largest absolute Gasteiger partial charge is 0.342 e. The van der Waals surface area contributed by atoms with Crippen molar-refractivity contribution in [3.8, 4) is 0 Å². The summed E-state index contributed by atoms with van der Waals surface area (Å²) in [6.07, 6.45) is 6.42. The maximum absolute atomic E-state index is 12.9. The number of amides is 4. The van der Waals surface area contributed by atoms with Crippen LogP contribution in [0.2, 0.25) is 5.02 Å². The van der Waals surface area contributed by atoms with Crippen molar-refractivity contribution in [3.63, 3.8) is 0 Å². The summed E-state index contributed by atoms with van der Waals surface area (Å²) in [6.45, 7) is 0.367. The molecule has 1 saturated carbocycles. The molecule has 8 heteroatoms. The highest BCUT2D eigenvalue weighted by atomic mass is 35.5. The number of rotatable bonds is 4. The second kappa shape index (κ2) is 8.61. The van der Waals surface area contributed by atoms with Gasteiger partial charge in [-0.3, -0.25) is 9.59 Å². The van der Waals surface area contributed by atoms with E-state index in [1.807, 2.05) is 12.1 Å². The molecule has 3 atom stereocenters. The van der Waals surface area contributed by atoms with Gasteiger partial charge in [0, 0.05) is 24.0 Å². The van der Waals surface area contributed by atoms with E-state index in [0.29, 0.717) is 24.4 Å². The van der Waals surface area contributed by atoms with Gasteiger partial charge in [-0.1, -0.05) is 43.0 Å². The third-order valence-corrected chi connectivity index (χ3v) is 6.38. The minimum Gasteiger partial charge on any atom is -0.342 e. The predicted molar refractivity (Wildman–Crippen MR) is 110 cm³/mol. The van der Waals surface area contributed by atoms with Crippen LogP contribution in [0, 0.1) is 0 Å². The lowest BCUT2D eigenvalue weighted by molar-refractivity contribution is -0.147. The molecule has 29 heavy (non-hydrogen) atoms. The van der Waals surface area contributed by atoms with Crippen molar-refractivity contribution in [3.05, 3.63) is 34.9 Å². The highest BCUT2D eigenvalue weighted by Crippen LogP contribution is 2.24. The molecule has 7 nitrogen and oxygen atoms in total. The lowest BCUT2D eigenvalue weighted by Crippen LogP contribution is -2.61. The van der Waals surface area contributed by atoms with Crippen LogP contribution < -0.4 is 16.0 Å². The van der Waals surface area contributed by atoms with Gasteiger partial charge in [0.2, 0.25) is 11.8 Å². The molecule has 2 heterocycles. The molecule has 156 valence electrons. The van der Waals surface area contributed by atoms with E-state index in [1.165, 1.54) is 6.42 Å². The fourth-order valence-corrected chi connectivity index (χ4v) is 4.74. The number of nitrogens with zero attached hydrogens (tertiary/aromatic N) is 1. The lowest BCUT2D eigenvalue weighted by atomic mass is 9.96. The second-order valence-electron chi connectivity index (χ2n) is 8.28. The van der Waals surface area contributed by atoms with Crippen LogP contribution >= 0.6 is 11.6 Å². The zero-order valence-electron chi connectivity index (χ0n) is 16.3. The van der Waals surface area contributed by atoms with E-state index in [2.05, 4.69) is 16.0 Å². The fraction of sp³-hybridized carbons (Fsp3) is 0.571. The highest BCUT2D eigenvalue weighted by molar-refractivity contribution is 6.30. The van der Waals surface area contributed by atoms with Crippen LogP contribution in [0.3, 0.4) is 0 Å².